The lowest BCUT2D eigenvalue weighted by Gasteiger charge is -2.44. The zero-order valence-electron chi connectivity index (χ0n) is 11.7. The van der Waals surface area contributed by atoms with Crippen LogP contribution < -0.4 is 0 Å². The van der Waals surface area contributed by atoms with E-state index in [9.17, 15) is 5.11 Å². The van der Waals surface area contributed by atoms with Gasteiger partial charge in [0.25, 0.3) is 0 Å². The zero-order chi connectivity index (χ0) is 12.5. The van der Waals surface area contributed by atoms with Crippen LogP contribution in [0.4, 0.5) is 0 Å². The average molecular weight is 240 g/mol. The Kier molecular flexibility index (Phi) is 3.84. The molecule has 2 nitrogen and oxygen atoms in total. The summed E-state index contributed by atoms with van der Waals surface area (Å²) in [6.07, 6.45) is 8.02. The van der Waals surface area contributed by atoms with Crippen molar-refractivity contribution in [2.45, 2.75) is 77.4 Å². The molecule has 1 saturated carbocycles. The Balaban J connectivity index is 2.02. The number of aliphatic hydroxyl groups excluding tert-OH is 1. The quantitative estimate of drug-likeness (QED) is 0.818. The smallest absolute Gasteiger partial charge is 0.0686 e. The molecule has 1 aliphatic heterocycles. The zero-order valence-corrected chi connectivity index (χ0v) is 11.7. The van der Waals surface area contributed by atoms with Crippen LogP contribution in [0.5, 0.6) is 0 Å². The third-order valence-electron chi connectivity index (χ3n) is 5.20. The highest BCUT2D eigenvalue weighted by Gasteiger charge is 2.44. The summed E-state index contributed by atoms with van der Waals surface area (Å²) < 4.78 is 6.04. The lowest BCUT2D eigenvalue weighted by Crippen LogP contribution is -2.45. The Hall–Kier alpha value is -0.0800. The van der Waals surface area contributed by atoms with E-state index in [4.69, 9.17) is 4.74 Å². The van der Waals surface area contributed by atoms with Crippen LogP contribution in [0.2, 0.25) is 0 Å². The summed E-state index contributed by atoms with van der Waals surface area (Å²) in [4.78, 5) is 0. The maximum Gasteiger partial charge on any atom is 0.0686 e. The van der Waals surface area contributed by atoms with Gasteiger partial charge in [-0.3, -0.25) is 0 Å². The molecule has 2 atom stereocenters. The van der Waals surface area contributed by atoms with Gasteiger partial charge in [-0.2, -0.15) is 0 Å². The highest BCUT2D eigenvalue weighted by atomic mass is 16.5. The Morgan fingerprint density at radius 1 is 1.35 bits per heavy atom. The van der Waals surface area contributed by atoms with Crippen LogP contribution in [0.15, 0.2) is 0 Å². The molecule has 2 heteroatoms. The summed E-state index contributed by atoms with van der Waals surface area (Å²) in [5.41, 5.74) is 0.176. The fourth-order valence-electron chi connectivity index (χ4n) is 3.55. The van der Waals surface area contributed by atoms with Gasteiger partial charge in [0.2, 0.25) is 0 Å². The van der Waals surface area contributed by atoms with Gasteiger partial charge in [-0.15, -0.1) is 0 Å². The summed E-state index contributed by atoms with van der Waals surface area (Å²) in [7, 11) is 0. The Morgan fingerprint density at radius 3 is 2.59 bits per heavy atom. The highest BCUT2D eigenvalue weighted by Crippen LogP contribution is 2.45. The molecule has 0 aromatic heterocycles. The topological polar surface area (TPSA) is 29.5 Å². The summed E-state index contributed by atoms with van der Waals surface area (Å²) in [6, 6.07) is 0. The third-order valence-corrected chi connectivity index (χ3v) is 5.20. The predicted molar refractivity (Wildman–Crippen MR) is 70.0 cm³/mol. The first-order valence-electron chi connectivity index (χ1n) is 7.31. The Morgan fingerprint density at radius 2 is 2.00 bits per heavy atom. The van der Waals surface area contributed by atoms with E-state index >= 15 is 0 Å². The van der Waals surface area contributed by atoms with Crippen molar-refractivity contribution in [3.63, 3.8) is 0 Å². The molecule has 1 spiro atoms. The molecule has 0 amide bonds. The summed E-state index contributed by atoms with van der Waals surface area (Å²) in [5.74, 6) is 0.441. The van der Waals surface area contributed by atoms with Crippen LogP contribution in [-0.4, -0.2) is 23.4 Å². The molecule has 1 heterocycles. The molecular weight excluding hydrogens is 212 g/mol. The van der Waals surface area contributed by atoms with E-state index in [1.54, 1.807) is 0 Å². The second-order valence-corrected chi connectivity index (χ2v) is 6.78. The molecule has 100 valence electrons. The van der Waals surface area contributed by atoms with Crippen molar-refractivity contribution >= 4 is 0 Å². The van der Waals surface area contributed by atoms with Gasteiger partial charge in [-0.05, 0) is 43.4 Å². The van der Waals surface area contributed by atoms with E-state index in [0.29, 0.717) is 5.92 Å². The van der Waals surface area contributed by atoms with Gasteiger partial charge in [0.15, 0.2) is 0 Å². The number of hydrogen-bond acceptors (Lipinski definition) is 2. The van der Waals surface area contributed by atoms with Crippen LogP contribution in [0, 0.1) is 11.3 Å². The van der Waals surface area contributed by atoms with Gasteiger partial charge in [-0.1, -0.05) is 33.6 Å². The van der Waals surface area contributed by atoms with E-state index in [0.717, 1.165) is 25.9 Å². The SMILES string of the molecule is CCC(C)(C)C(O)C1CCOC2(CCCC2)C1. The van der Waals surface area contributed by atoms with Crippen LogP contribution in [0.3, 0.4) is 0 Å². The third kappa shape index (κ3) is 2.68. The van der Waals surface area contributed by atoms with Crippen molar-refractivity contribution in [3.05, 3.63) is 0 Å². The fourth-order valence-corrected chi connectivity index (χ4v) is 3.55. The van der Waals surface area contributed by atoms with E-state index in [2.05, 4.69) is 20.8 Å². The van der Waals surface area contributed by atoms with E-state index < -0.39 is 0 Å². The fraction of sp³-hybridized carbons (Fsp3) is 1.00. The summed E-state index contributed by atoms with van der Waals surface area (Å²) >= 11 is 0. The van der Waals surface area contributed by atoms with Gasteiger partial charge in [0.1, 0.15) is 0 Å². The van der Waals surface area contributed by atoms with Crippen LogP contribution in [0.1, 0.15) is 65.7 Å². The van der Waals surface area contributed by atoms with Gasteiger partial charge in [0.05, 0.1) is 11.7 Å². The molecule has 1 saturated heterocycles. The number of rotatable bonds is 3. The van der Waals surface area contributed by atoms with Crippen LogP contribution in [0.25, 0.3) is 0 Å². The molecule has 2 unspecified atom stereocenters. The first kappa shape index (κ1) is 13.4. The molecule has 1 aliphatic carbocycles. The molecular formula is C15H28O2. The lowest BCUT2D eigenvalue weighted by molar-refractivity contribution is -0.129. The van der Waals surface area contributed by atoms with Crippen LogP contribution >= 0.6 is 0 Å². The van der Waals surface area contributed by atoms with Crippen molar-refractivity contribution in [1.82, 2.24) is 0 Å². The molecule has 2 aliphatic rings. The van der Waals surface area contributed by atoms with E-state index in [-0.39, 0.29) is 17.1 Å². The lowest BCUT2D eigenvalue weighted by atomic mass is 9.71. The normalized spacial score (nSPS) is 30.7. The molecule has 1 N–H and O–H groups in total. The molecule has 2 fully saturated rings. The number of ether oxygens (including phenoxy) is 1. The average Bonchev–Trinajstić information content (AvgIpc) is 2.76. The maximum atomic E-state index is 10.6. The van der Waals surface area contributed by atoms with Crippen LogP contribution in [-0.2, 0) is 4.74 Å². The predicted octanol–water partition coefficient (Wildman–Crippen LogP) is 3.52. The van der Waals surface area contributed by atoms with E-state index in [1.807, 2.05) is 0 Å². The molecule has 0 aromatic carbocycles. The first-order valence-corrected chi connectivity index (χ1v) is 7.31. The van der Waals surface area contributed by atoms with Crippen molar-refractivity contribution < 1.29 is 9.84 Å². The van der Waals surface area contributed by atoms with Gasteiger partial charge < -0.3 is 9.84 Å². The van der Waals surface area contributed by atoms with Crippen molar-refractivity contribution in [1.29, 1.82) is 0 Å². The van der Waals surface area contributed by atoms with Crippen molar-refractivity contribution in [3.8, 4) is 0 Å². The highest BCUT2D eigenvalue weighted by molar-refractivity contribution is 4.95. The summed E-state index contributed by atoms with van der Waals surface area (Å²) in [5, 5.41) is 10.6. The second-order valence-electron chi connectivity index (χ2n) is 6.78. The number of hydrogen-bond donors (Lipinski definition) is 1. The molecule has 0 aromatic rings. The molecule has 2 rings (SSSR count). The van der Waals surface area contributed by atoms with Gasteiger partial charge in [-0.25, -0.2) is 0 Å². The van der Waals surface area contributed by atoms with Gasteiger partial charge in [0, 0.05) is 6.61 Å². The minimum atomic E-state index is -0.172. The van der Waals surface area contributed by atoms with Gasteiger partial charge >= 0.3 is 0 Å². The second kappa shape index (κ2) is 4.89. The molecule has 0 bridgehead atoms. The Labute approximate surface area is 106 Å². The van der Waals surface area contributed by atoms with Crippen molar-refractivity contribution in [2.24, 2.45) is 11.3 Å². The minimum Gasteiger partial charge on any atom is -0.392 e. The summed E-state index contributed by atoms with van der Waals surface area (Å²) in [6.45, 7) is 7.40. The maximum absolute atomic E-state index is 10.6. The molecule has 17 heavy (non-hydrogen) atoms. The minimum absolute atomic E-state index is 0.0435. The Bertz CT molecular complexity index is 254. The van der Waals surface area contributed by atoms with Crippen molar-refractivity contribution in [2.75, 3.05) is 6.61 Å². The largest absolute Gasteiger partial charge is 0.392 e. The molecule has 0 radical (unpaired) electrons. The number of aliphatic hydroxyl groups is 1. The monoisotopic (exact) mass is 240 g/mol. The first-order chi connectivity index (χ1) is 7.99. The van der Waals surface area contributed by atoms with E-state index in [1.165, 1.54) is 25.7 Å². The standard InChI is InChI=1S/C15H28O2/c1-4-14(2,3)13(16)12-7-10-17-15(11-12)8-5-6-9-15/h12-13,16H,4-11H2,1-3H3.